The Kier molecular flexibility index (Phi) is 4.04. The number of nitrogens with zero attached hydrogens (tertiary/aromatic N) is 2. The van der Waals surface area contributed by atoms with E-state index in [1.54, 1.807) is 17.6 Å². The van der Waals surface area contributed by atoms with Gasteiger partial charge in [-0.05, 0) is 37.6 Å². The van der Waals surface area contributed by atoms with Crippen molar-refractivity contribution in [1.29, 1.82) is 0 Å². The smallest absolute Gasteiger partial charge is 0.348 e. The van der Waals surface area contributed by atoms with Gasteiger partial charge in [-0.3, -0.25) is 4.57 Å². The van der Waals surface area contributed by atoms with Crippen molar-refractivity contribution in [2.45, 2.75) is 20.4 Å². The highest BCUT2D eigenvalue weighted by Crippen LogP contribution is 2.20. The fourth-order valence-electron chi connectivity index (χ4n) is 1.95. The van der Waals surface area contributed by atoms with Gasteiger partial charge in [-0.25, -0.2) is 9.59 Å². The maximum absolute atomic E-state index is 11.9. The van der Waals surface area contributed by atoms with Crippen LogP contribution in [0.4, 0.5) is 0 Å². The number of carboxylic acids is 1. The summed E-state index contributed by atoms with van der Waals surface area (Å²) in [6, 6.07) is 6.57. The van der Waals surface area contributed by atoms with Crippen LogP contribution in [0.5, 0.6) is 0 Å². The molecule has 1 aromatic heterocycles. The summed E-state index contributed by atoms with van der Waals surface area (Å²) in [6.07, 6.45) is 0. The molecule has 1 N–H and O–H groups in total. The third-order valence-electron chi connectivity index (χ3n) is 2.97. The fraction of sp³-hybridized carbons (Fsp3) is 0.214. The molecule has 104 valence electrons. The molecule has 0 radical (unpaired) electrons. The number of rotatable bonds is 3. The van der Waals surface area contributed by atoms with E-state index in [0.29, 0.717) is 16.7 Å². The van der Waals surface area contributed by atoms with Crippen LogP contribution in [0, 0.1) is 13.8 Å². The van der Waals surface area contributed by atoms with Crippen LogP contribution in [0.15, 0.2) is 33.5 Å². The lowest BCUT2D eigenvalue weighted by Gasteiger charge is -2.11. The number of halogens is 1. The van der Waals surface area contributed by atoms with E-state index >= 15 is 0 Å². The molecule has 0 saturated carbocycles. The van der Waals surface area contributed by atoms with Gasteiger partial charge in [-0.2, -0.15) is 4.98 Å². The van der Waals surface area contributed by atoms with Crippen molar-refractivity contribution in [3.05, 3.63) is 61.7 Å². The number of hydrogen-bond acceptors (Lipinski definition) is 3. The first kappa shape index (κ1) is 14.5. The van der Waals surface area contributed by atoms with Gasteiger partial charge in [0.25, 0.3) is 0 Å². The van der Waals surface area contributed by atoms with Crippen LogP contribution in [-0.2, 0) is 6.54 Å². The van der Waals surface area contributed by atoms with E-state index in [1.807, 2.05) is 13.0 Å². The molecule has 1 aromatic carbocycles. The largest absolute Gasteiger partial charge is 0.478 e. The Bertz CT molecular complexity index is 738. The Balaban J connectivity index is 2.41. The molecule has 0 fully saturated rings. The minimum atomic E-state index is -0.984. The van der Waals surface area contributed by atoms with Crippen LogP contribution in [0.2, 0.25) is 0 Å². The number of aryl methyl sites for hydroxylation is 2. The molecule has 0 unspecified atom stereocenters. The first-order valence-electron chi connectivity index (χ1n) is 5.95. The lowest BCUT2D eigenvalue weighted by Crippen LogP contribution is -2.26. The van der Waals surface area contributed by atoms with Crippen LogP contribution in [-0.4, -0.2) is 20.6 Å². The Morgan fingerprint density at radius 2 is 2.05 bits per heavy atom. The zero-order chi connectivity index (χ0) is 14.9. The van der Waals surface area contributed by atoms with Gasteiger partial charge >= 0.3 is 11.7 Å². The maximum Gasteiger partial charge on any atom is 0.348 e. The fourth-order valence-corrected chi connectivity index (χ4v) is 2.45. The predicted molar refractivity (Wildman–Crippen MR) is 78.2 cm³/mol. The van der Waals surface area contributed by atoms with Gasteiger partial charge in [0.15, 0.2) is 0 Å². The molecular weight excluding hydrogens is 324 g/mol. The van der Waals surface area contributed by atoms with E-state index in [0.717, 1.165) is 11.3 Å². The Morgan fingerprint density at radius 1 is 1.35 bits per heavy atom. The number of carbonyl (C=O) groups is 1. The summed E-state index contributed by atoms with van der Waals surface area (Å²) in [4.78, 5) is 26.7. The molecule has 0 atom stereocenters. The average molecular weight is 337 g/mol. The summed E-state index contributed by atoms with van der Waals surface area (Å²) >= 11 is 3.34. The van der Waals surface area contributed by atoms with Gasteiger partial charge in [-0.15, -0.1) is 0 Å². The van der Waals surface area contributed by atoms with Gasteiger partial charge in [-0.1, -0.05) is 22.0 Å². The van der Waals surface area contributed by atoms with Crippen molar-refractivity contribution in [2.75, 3.05) is 0 Å². The molecule has 5 nitrogen and oxygen atoms in total. The number of aromatic carboxylic acids is 1. The molecule has 0 bridgehead atoms. The van der Waals surface area contributed by atoms with Crippen LogP contribution >= 0.6 is 15.9 Å². The van der Waals surface area contributed by atoms with E-state index in [9.17, 15) is 9.59 Å². The van der Waals surface area contributed by atoms with Crippen LogP contribution in [0.25, 0.3) is 0 Å². The van der Waals surface area contributed by atoms with E-state index in [-0.39, 0.29) is 11.3 Å². The average Bonchev–Trinajstić information content (AvgIpc) is 2.34. The Morgan fingerprint density at radius 3 is 2.60 bits per heavy atom. The summed E-state index contributed by atoms with van der Waals surface area (Å²) in [5.74, 6) is -0.984. The zero-order valence-electron chi connectivity index (χ0n) is 11.1. The van der Waals surface area contributed by atoms with Gasteiger partial charge < -0.3 is 5.11 Å². The van der Waals surface area contributed by atoms with Gasteiger partial charge in [0.05, 0.1) is 12.1 Å². The number of benzene rings is 1. The molecule has 0 aliphatic rings. The van der Waals surface area contributed by atoms with Crippen LogP contribution in [0.1, 0.15) is 27.3 Å². The summed E-state index contributed by atoms with van der Waals surface area (Å²) in [5, 5.41) is 8.92. The molecule has 0 spiro atoms. The molecular formula is C14H13BrN2O3. The van der Waals surface area contributed by atoms with E-state index in [4.69, 9.17) is 5.11 Å². The minimum absolute atomic E-state index is 0.201. The summed E-state index contributed by atoms with van der Waals surface area (Å²) < 4.78 is 2.21. The maximum atomic E-state index is 11.9. The molecule has 20 heavy (non-hydrogen) atoms. The van der Waals surface area contributed by atoms with E-state index < -0.39 is 5.97 Å². The van der Waals surface area contributed by atoms with Crippen LogP contribution in [0.3, 0.4) is 0 Å². The Hall–Kier alpha value is -1.95. The van der Waals surface area contributed by atoms with Crippen molar-refractivity contribution >= 4 is 21.9 Å². The topological polar surface area (TPSA) is 72.2 Å². The lowest BCUT2D eigenvalue weighted by atomic mass is 10.1. The highest BCUT2D eigenvalue weighted by Gasteiger charge is 2.09. The molecule has 2 rings (SSSR count). The predicted octanol–water partition coefficient (Wildman–Crippen LogP) is 2.37. The highest BCUT2D eigenvalue weighted by atomic mass is 79.9. The van der Waals surface area contributed by atoms with Crippen molar-refractivity contribution in [3.63, 3.8) is 0 Å². The van der Waals surface area contributed by atoms with Crippen LogP contribution < -0.4 is 5.69 Å². The van der Waals surface area contributed by atoms with E-state index in [1.165, 1.54) is 12.1 Å². The van der Waals surface area contributed by atoms with Gasteiger partial charge in [0.2, 0.25) is 0 Å². The first-order chi connectivity index (χ1) is 9.38. The monoisotopic (exact) mass is 336 g/mol. The van der Waals surface area contributed by atoms with Crippen molar-refractivity contribution in [2.24, 2.45) is 0 Å². The number of carboxylic acid groups (broad SMARTS) is 1. The Labute approximate surface area is 124 Å². The normalized spacial score (nSPS) is 10.6. The number of aromatic nitrogens is 2. The quantitative estimate of drug-likeness (QED) is 0.933. The molecule has 0 aliphatic heterocycles. The molecule has 0 amide bonds. The van der Waals surface area contributed by atoms with Gasteiger partial charge in [0, 0.05) is 15.9 Å². The van der Waals surface area contributed by atoms with E-state index in [2.05, 4.69) is 20.9 Å². The van der Waals surface area contributed by atoms with Crippen molar-refractivity contribution < 1.29 is 9.90 Å². The second-order valence-electron chi connectivity index (χ2n) is 4.52. The minimum Gasteiger partial charge on any atom is -0.478 e. The molecule has 1 heterocycles. The highest BCUT2D eigenvalue weighted by molar-refractivity contribution is 9.10. The summed E-state index contributed by atoms with van der Waals surface area (Å²) in [7, 11) is 0. The van der Waals surface area contributed by atoms with Crippen molar-refractivity contribution in [1.82, 2.24) is 9.55 Å². The van der Waals surface area contributed by atoms with Gasteiger partial charge in [0.1, 0.15) is 0 Å². The lowest BCUT2D eigenvalue weighted by molar-refractivity contribution is 0.0697. The second-order valence-corrected chi connectivity index (χ2v) is 5.37. The number of hydrogen-bond donors (Lipinski definition) is 1. The molecule has 0 saturated heterocycles. The molecule has 6 heteroatoms. The molecule has 0 aliphatic carbocycles. The molecule has 2 aromatic rings. The van der Waals surface area contributed by atoms with Crippen molar-refractivity contribution in [3.8, 4) is 0 Å². The standard InChI is InChI=1S/C14H13BrN2O3/c1-8-5-9(2)17(14(20)16-8)7-11-4-3-10(13(18)19)6-12(11)15/h3-6H,7H2,1-2H3,(H,18,19). The first-order valence-corrected chi connectivity index (χ1v) is 6.74. The second kappa shape index (κ2) is 5.58. The SMILES string of the molecule is Cc1cc(C)n(Cc2ccc(C(=O)O)cc2Br)c(=O)n1. The third-order valence-corrected chi connectivity index (χ3v) is 3.71. The third kappa shape index (κ3) is 2.96. The summed E-state index contributed by atoms with van der Waals surface area (Å²) in [6.45, 7) is 3.96. The summed E-state index contributed by atoms with van der Waals surface area (Å²) in [5.41, 5.74) is 2.22. The zero-order valence-corrected chi connectivity index (χ0v) is 12.6.